The summed E-state index contributed by atoms with van der Waals surface area (Å²) in [6, 6.07) is 0. The third kappa shape index (κ3) is 4.04. The van der Waals surface area contributed by atoms with E-state index < -0.39 is 0 Å². The van der Waals surface area contributed by atoms with Gasteiger partial charge >= 0.3 is 0 Å². The third-order valence-electron chi connectivity index (χ3n) is 2.09. The van der Waals surface area contributed by atoms with Crippen molar-refractivity contribution < 1.29 is 0 Å². The zero-order chi connectivity index (χ0) is 12.2. The average molecular weight is 222 g/mol. The highest BCUT2D eigenvalue weighted by atomic mass is 15.1. The van der Waals surface area contributed by atoms with Crippen LogP contribution in [-0.4, -0.2) is 23.1 Å². The van der Waals surface area contributed by atoms with Crippen molar-refractivity contribution in [2.24, 2.45) is 5.41 Å². The Kier molecular flexibility index (Phi) is 4.10. The molecule has 0 aliphatic rings. The number of anilines is 2. The number of nitrogens with zero attached hydrogens (tertiary/aromatic N) is 2. The van der Waals surface area contributed by atoms with E-state index in [0.717, 1.165) is 24.5 Å². The van der Waals surface area contributed by atoms with Gasteiger partial charge in [-0.3, -0.25) is 0 Å². The molecule has 0 bridgehead atoms. The molecule has 1 heterocycles. The molecule has 1 aromatic heterocycles. The largest absolute Gasteiger partial charge is 0.369 e. The summed E-state index contributed by atoms with van der Waals surface area (Å²) in [6.45, 7) is 12.4. The van der Waals surface area contributed by atoms with Crippen molar-refractivity contribution in [2.75, 3.05) is 23.7 Å². The van der Waals surface area contributed by atoms with Crippen molar-refractivity contribution in [3.05, 3.63) is 11.8 Å². The molecule has 0 aliphatic carbocycles. The summed E-state index contributed by atoms with van der Waals surface area (Å²) in [5.41, 5.74) is 1.32. The first kappa shape index (κ1) is 12.7. The van der Waals surface area contributed by atoms with Crippen molar-refractivity contribution >= 4 is 11.8 Å². The van der Waals surface area contributed by atoms with Gasteiger partial charge in [0.2, 0.25) is 5.95 Å². The summed E-state index contributed by atoms with van der Waals surface area (Å²) in [7, 11) is 0. The van der Waals surface area contributed by atoms with Crippen LogP contribution in [0.3, 0.4) is 0 Å². The molecule has 1 rings (SSSR count). The average Bonchev–Trinajstić information content (AvgIpc) is 2.18. The fraction of sp³-hybridized carbons (Fsp3) is 0.667. The van der Waals surface area contributed by atoms with Crippen molar-refractivity contribution in [1.82, 2.24) is 9.97 Å². The molecule has 4 nitrogen and oxygen atoms in total. The maximum atomic E-state index is 4.43. The monoisotopic (exact) mass is 222 g/mol. The van der Waals surface area contributed by atoms with Crippen LogP contribution in [0.4, 0.5) is 11.8 Å². The fourth-order valence-electron chi connectivity index (χ4n) is 1.21. The number of hydrogen-bond acceptors (Lipinski definition) is 4. The minimum atomic E-state index is 0.246. The lowest BCUT2D eigenvalue weighted by Crippen LogP contribution is -2.20. The van der Waals surface area contributed by atoms with Gasteiger partial charge in [-0.2, -0.15) is 4.98 Å². The van der Waals surface area contributed by atoms with Crippen LogP contribution in [0.15, 0.2) is 6.20 Å². The number of rotatable bonds is 4. The molecule has 0 saturated heterocycles. The van der Waals surface area contributed by atoms with Gasteiger partial charge in [-0.25, -0.2) is 4.98 Å². The van der Waals surface area contributed by atoms with Gasteiger partial charge in [-0.15, -0.1) is 0 Å². The minimum absolute atomic E-state index is 0.246. The van der Waals surface area contributed by atoms with Crippen LogP contribution in [0.5, 0.6) is 0 Å². The zero-order valence-corrected chi connectivity index (χ0v) is 10.9. The molecule has 0 fully saturated rings. The van der Waals surface area contributed by atoms with Crippen LogP contribution in [0, 0.1) is 12.3 Å². The van der Waals surface area contributed by atoms with Crippen LogP contribution < -0.4 is 10.6 Å². The Morgan fingerprint density at radius 1 is 1.25 bits per heavy atom. The number of hydrogen-bond donors (Lipinski definition) is 2. The Bertz CT molecular complexity index is 341. The second-order valence-corrected chi connectivity index (χ2v) is 5.17. The van der Waals surface area contributed by atoms with Crippen LogP contribution in [-0.2, 0) is 0 Å². The van der Waals surface area contributed by atoms with Gasteiger partial charge in [-0.05, 0) is 19.3 Å². The van der Waals surface area contributed by atoms with Crippen LogP contribution in [0.2, 0.25) is 0 Å². The Labute approximate surface area is 97.9 Å². The number of aromatic nitrogens is 2. The van der Waals surface area contributed by atoms with E-state index in [-0.39, 0.29) is 5.41 Å². The molecule has 4 heteroatoms. The summed E-state index contributed by atoms with van der Waals surface area (Å²) in [5.74, 6) is 1.60. The first-order valence-electron chi connectivity index (χ1n) is 5.74. The van der Waals surface area contributed by atoms with E-state index in [0.29, 0.717) is 5.95 Å². The molecule has 0 saturated carbocycles. The van der Waals surface area contributed by atoms with E-state index in [1.165, 1.54) is 0 Å². The van der Waals surface area contributed by atoms with E-state index >= 15 is 0 Å². The lowest BCUT2D eigenvalue weighted by atomic mass is 9.97. The summed E-state index contributed by atoms with van der Waals surface area (Å²) in [5, 5.41) is 6.47. The highest BCUT2D eigenvalue weighted by molar-refractivity contribution is 5.46. The molecule has 0 amide bonds. The molecule has 2 N–H and O–H groups in total. The van der Waals surface area contributed by atoms with Gasteiger partial charge in [-0.1, -0.05) is 20.8 Å². The Morgan fingerprint density at radius 2 is 1.94 bits per heavy atom. The summed E-state index contributed by atoms with van der Waals surface area (Å²) in [4.78, 5) is 8.64. The third-order valence-corrected chi connectivity index (χ3v) is 2.09. The second-order valence-electron chi connectivity index (χ2n) is 5.17. The molecule has 0 spiro atoms. The molecule has 1 aromatic rings. The highest BCUT2D eigenvalue weighted by Crippen LogP contribution is 2.17. The molecule has 0 aromatic carbocycles. The zero-order valence-electron chi connectivity index (χ0n) is 10.9. The molecular weight excluding hydrogens is 200 g/mol. The molecule has 0 unspecified atom stereocenters. The van der Waals surface area contributed by atoms with Gasteiger partial charge in [0.25, 0.3) is 0 Å². The normalized spacial score (nSPS) is 11.3. The molecule has 0 atom stereocenters. The van der Waals surface area contributed by atoms with Gasteiger partial charge in [0, 0.05) is 24.8 Å². The van der Waals surface area contributed by atoms with Gasteiger partial charge in [0.15, 0.2) is 0 Å². The van der Waals surface area contributed by atoms with E-state index in [4.69, 9.17) is 0 Å². The van der Waals surface area contributed by atoms with Crippen LogP contribution >= 0.6 is 0 Å². The summed E-state index contributed by atoms with van der Waals surface area (Å²) in [6.07, 6.45) is 1.84. The molecule has 90 valence electrons. The van der Waals surface area contributed by atoms with Crippen LogP contribution in [0.25, 0.3) is 0 Å². The lowest BCUT2D eigenvalue weighted by molar-refractivity contribution is 0.442. The Morgan fingerprint density at radius 3 is 2.50 bits per heavy atom. The maximum absolute atomic E-state index is 4.43. The number of nitrogens with one attached hydrogen (secondary N) is 2. The Balaban J connectivity index is 2.74. The van der Waals surface area contributed by atoms with E-state index in [9.17, 15) is 0 Å². The van der Waals surface area contributed by atoms with Gasteiger partial charge in [0.05, 0.1) is 0 Å². The van der Waals surface area contributed by atoms with Crippen molar-refractivity contribution in [3.8, 4) is 0 Å². The first-order valence-corrected chi connectivity index (χ1v) is 5.74. The predicted molar refractivity (Wildman–Crippen MR) is 68.9 cm³/mol. The SMILES string of the molecule is CCNc1ncc(C)c(NCC(C)(C)C)n1. The minimum Gasteiger partial charge on any atom is -0.369 e. The Hall–Kier alpha value is -1.32. The maximum Gasteiger partial charge on any atom is 0.224 e. The summed E-state index contributed by atoms with van der Waals surface area (Å²) < 4.78 is 0. The van der Waals surface area contributed by atoms with E-state index in [1.54, 1.807) is 0 Å². The smallest absolute Gasteiger partial charge is 0.224 e. The van der Waals surface area contributed by atoms with Crippen LogP contribution in [0.1, 0.15) is 33.3 Å². The lowest BCUT2D eigenvalue weighted by Gasteiger charge is -2.20. The standard InChI is InChI=1S/C12H22N4/c1-6-13-11-14-7-9(2)10(16-11)15-8-12(3,4)5/h7H,6,8H2,1-5H3,(H2,13,14,15,16). The fourth-order valence-corrected chi connectivity index (χ4v) is 1.21. The van der Waals surface area contributed by atoms with Gasteiger partial charge in [0.1, 0.15) is 5.82 Å². The van der Waals surface area contributed by atoms with Crippen molar-refractivity contribution in [2.45, 2.75) is 34.6 Å². The molecular formula is C12H22N4. The van der Waals surface area contributed by atoms with E-state index in [1.807, 2.05) is 20.0 Å². The first-order chi connectivity index (χ1) is 7.42. The molecule has 0 radical (unpaired) electrons. The van der Waals surface area contributed by atoms with Crippen molar-refractivity contribution in [3.63, 3.8) is 0 Å². The van der Waals surface area contributed by atoms with Crippen molar-refractivity contribution in [1.29, 1.82) is 0 Å². The second kappa shape index (κ2) is 5.14. The van der Waals surface area contributed by atoms with Gasteiger partial charge < -0.3 is 10.6 Å². The predicted octanol–water partition coefficient (Wildman–Crippen LogP) is 2.67. The molecule has 16 heavy (non-hydrogen) atoms. The quantitative estimate of drug-likeness (QED) is 0.822. The van der Waals surface area contributed by atoms with E-state index in [2.05, 4.69) is 41.4 Å². The molecule has 0 aliphatic heterocycles. The topological polar surface area (TPSA) is 49.8 Å². The highest BCUT2D eigenvalue weighted by Gasteiger charge is 2.11. The summed E-state index contributed by atoms with van der Waals surface area (Å²) >= 11 is 0. The number of aryl methyl sites for hydroxylation is 1.